The van der Waals surface area contributed by atoms with Crippen LogP contribution in [0.2, 0.25) is 0 Å². The van der Waals surface area contributed by atoms with Gasteiger partial charge in [-0.1, -0.05) is 36.4 Å². The normalized spacial score (nSPS) is 23.0. The number of rotatable bonds is 6. The molecule has 2 atom stereocenters. The Morgan fingerprint density at radius 2 is 1.88 bits per heavy atom. The minimum Gasteiger partial charge on any atom is -0.377 e. The lowest BCUT2D eigenvalue weighted by Crippen LogP contribution is -2.48. The number of carbonyl (C=O) groups is 1. The van der Waals surface area contributed by atoms with Crippen LogP contribution in [0.25, 0.3) is 0 Å². The molecule has 1 aromatic carbocycles. The van der Waals surface area contributed by atoms with Crippen molar-refractivity contribution >= 4 is 5.91 Å². The zero-order chi connectivity index (χ0) is 17.8. The summed E-state index contributed by atoms with van der Waals surface area (Å²) in [4.78, 5) is 19.0. The molecule has 2 aromatic rings. The number of amides is 1. The van der Waals surface area contributed by atoms with Crippen LogP contribution in [0, 0.1) is 11.8 Å². The van der Waals surface area contributed by atoms with Gasteiger partial charge in [-0.2, -0.15) is 0 Å². The summed E-state index contributed by atoms with van der Waals surface area (Å²) in [6.45, 7) is 2.36. The topological polar surface area (TPSA) is 42.4 Å². The van der Waals surface area contributed by atoms with E-state index in [0.29, 0.717) is 11.6 Å². The second-order valence-electron chi connectivity index (χ2n) is 7.52. The maximum atomic E-state index is 12.8. The van der Waals surface area contributed by atoms with Gasteiger partial charge >= 0.3 is 0 Å². The van der Waals surface area contributed by atoms with Gasteiger partial charge in [-0.15, -0.1) is 0 Å². The molecule has 4 nitrogen and oxygen atoms in total. The van der Waals surface area contributed by atoms with E-state index in [9.17, 15) is 4.79 Å². The standard InChI is InChI=1S/C22H26N2O2/c25-22(20-8-4-5-12-23-20)24-13-11-21(26-16-18-9-10-18)19(15-24)14-17-6-2-1-3-7-17/h1-8,12,18-19,21H,9-11,13-16H2/t19-,21+/m1/s1. The summed E-state index contributed by atoms with van der Waals surface area (Å²) in [6, 6.07) is 16.0. The van der Waals surface area contributed by atoms with Crippen LogP contribution in [0.15, 0.2) is 54.7 Å². The quantitative estimate of drug-likeness (QED) is 0.800. The van der Waals surface area contributed by atoms with Crippen molar-refractivity contribution in [1.82, 2.24) is 9.88 Å². The molecule has 0 N–H and O–H groups in total. The molecule has 1 amide bonds. The molecule has 2 aliphatic rings. The third-order valence-electron chi connectivity index (χ3n) is 5.42. The summed E-state index contributed by atoms with van der Waals surface area (Å²) < 4.78 is 6.27. The van der Waals surface area contributed by atoms with Crippen LogP contribution in [0.3, 0.4) is 0 Å². The van der Waals surface area contributed by atoms with Crippen molar-refractivity contribution in [2.45, 2.75) is 31.8 Å². The first kappa shape index (κ1) is 17.2. The lowest BCUT2D eigenvalue weighted by Gasteiger charge is -2.38. The highest BCUT2D eigenvalue weighted by Crippen LogP contribution is 2.32. The van der Waals surface area contributed by atoms with E-state index in [1.807, 2.05) is 23.1 Å². The molecular weight excluding hydrogens is 324 g/mol. The smallest absolute Gasteiger partial charge is 0.272 e. The molecule has 1 aliphatic carbocycles. The first-order valence-electron chi connectivity index (χ1n) is 9.65. The molecule has 2 heterocycles. The van der Waals surface area contributed by atoms with Gasteiger partial charge in [0.2, 0.25) is 0 Å². The fraction of sp³-hybridized carbons (Fsp3) is 0.455. The Balaban J connectivity index is 1.45. The van der Waals surface area contributed by atoms with Gasteiger partial charge in [0, 0.05) is 31.8 Å². The van der Waals surface area contributed by atoms with E-state index in [1.54, 1.807) is 12.3 Å². The van der Waals surface area contributed by atoms with E-state index in [-0.39, 0.29) is 12.0 Å². The van der Waals surface area contributed by atoms with E-state index < -0.39 is 0 Å². The summed E-state index contributed by atoms with van der Waals surface area (Å²) in [5.74, 6) is 1.13. The molecule has 4 heteroatoms. The lowest BCUT2D eigenvalue weighted by molar-refractivity contribution is -0.0327. The molecule has 0 unspecified atom stereocenters. The van der Waals surface area contributed by atoms with Crippen molar-refractivity contribution in [1.29, 1.82) is 0 Å². The number of piperidine rings is 1. The van der Waals surface area contributed by atoms with Gasteiger partial charge in [0.05, 0.1) is 6.10 Å². The first-order chi connectivity index (χ1) is 12.8. The van der Waals surface area contributed by atoms with Crippen molar-refractivity contribution in [3.8, 4) is 0 Å². The highest BCUT2D eigenvalue weighted by Gasteiger charge is 2.34. The summed E-state index contributed by atoms with van der Waals surface area (Å²) in [6.07, 6.45) is 6.38. The van der Waals surface area contributed by atoms with Crippen LogP contribution in [0.5, 0.6) is 0 Å². The van der Waals surface area contributed by atoms with Gasteiger partial charge in [-0.25, -0.2) is 0 Å². The number of hydrogen-bond acceptors (Lipinski definition) is 3. The Bertz CT molecular complexity index is 715. The predicted octanol–water partition coefficient (Wildman–Crippen LogP) is 3.58. The SMILES string of the molecule is O=C(c1ccccn1)N1CC[C@H](OCC2CC2)[C@H](Cc2ccccc2)C1. The van der Waals surface area contributed by atoms with Crippen molar-refractivity contribution in [3.63, 3.8) is 0 Å². The Morgan fingerprint density at radius 1 is 1.08 bits per heavy atom. The molecule has 26 heavy (non-hydrogen) atoms. The van der Waals surface area contributed by atoms with Gasteiger partial charge in [0.15, 0.2) is 0 Å². The number of hydrogen-bond donors (Lipinski definition) is 0. The summed E-state index contributed by atoms with van der Waals surface area (Å²) in [7, 11) is 0. The van der Waals surface area contributed by atoms with Crippen LogP contribution >= 0.6 is 0 Å². The third kappa shape index (κ3) is 4.31. The second kappa shape index (κ2) is 8.00. The molecule has 0 bridgehead atoms. The van der Waals surface area contributed by atoms with Gasteiger partial charge in [-0.3, -0.25) is 9.78 Å². The van der Waals surface area contributed by atoms with Gasteiger partial charge in [0.1, 0.15) is 5.69 Å². The minimum absolute atomic E-state index is 0.0318. The molecule has 1 saturated carbocycles. The first-order valence-corrected chi connectivity index (χ1v) is 9.65. The number of ether oxygens (including phenoxy) is 1. The fourth-order valence-electron chi connectivity index (χ4n) is 3.72. The monoisotopic (exact) mass is 350 g/mol. The molecular formula is C22H26N2O2. The Kier molecular flexibility index (Phi) is 5.30. The number of aromatic nitrogens is 1. The number of benzene rings is 1. The summed E-state index contributed by atoms with van der Waals surface area (Å²) >= 11 is 0. The molecule has 1 aromatic heterocycles. The van der Waals surface area contributed by atoms with Crippen LogP contribution in [-0.4, -0.2) is 41.6 Å². The zero-order valence-corrected chi connectivity index (χ0v) is 15.1. The fourth-order valence-corrected chi connectivity index (χ4v) is 3.72. The van der Waals surface area contributed by atoms with Crippen molar-refractivity contribution in [2.24, 2.45) is 11.8 Å². The van der Waals surface area contributed by atoms with Gasteiger partial charge in [0.25, 0.3) is 5.91 Å². The highest BCUT2D eigenvalue weighted by molar-refractivity contribution is 5.92. The number of carbonyl (C=O) groups excluding carboxylic acids is 1. The number of pyridine rings is 1. The Morgan fingerprint density at radius 3 is 2.62 bits per heavy atom. The van der Waals surface area contributed by atoms with E-state index in [4.69, 9.17) is 4.74 Å². The molecule has 0 spiro atoms. The average Bonchev–Trinajstić information content (AvgIpc) is 3.52. The minimum atomic E-state index is 0.0318. The molecule has 0 radical (unpaired) electrons. The summed E-state index contributed by atoms with van der Waals surface area (Å²) in [5, 5.41) is 0. The maximum absolute atomic E-state index is 12.8. The van der Waals surface area contributed by atoms with Crippen molar-refractivity contribution < 1.29 is 9.53 Å². The Labute approximate surface area is 155 Å². The average molecular weight is 350 g/mol. The molecule has 136 valence electrons. The van der Waals surface area contributed by atoms with Crippen LogP contribution < -0.4 is 0 Å². The molecule has 2 fully saturated rings. The largest absolute Gasteiger partial charge is 0.377 e. The van der Waals surface area contributed by atoms with E-state index in [1.165, 1.54) is 18.4 Å². The van der Waals surface area contributed by atoms with Crippen LogP contribution in [-0.2, 0) is 11.2 Å². The molecule has 4 rings (SSSR count). The van der Waals surface area contributed by atoms with E-state index >= 15 is 0 Å². The van der Waals surface area contributed by atoms with E-state index in [0.717, 1.165) is 38.5 Å². The van der Waals surface area contributed by atoms with E-state index in [2.05, 4.69) is 29.2 Å². The number of nitrogens with zero attached hydrogens (tertiary/aromatic N) is 2. The lowest BCUT2D eigenvalue weighted by atomic mass is 9.88. The zero-order valence-electron chi connectivity index (χ0n) is 15.1. The predicted molar refractivity (Wildman–Crippen MR) is 101 cm³/mol. The number of likely N-dealkylation sites (tertiary alicyclic amines) is 1. The Hall–Kier alpha value is -2.20. The second-order valence-corrected chi connectivity index (χ2v) is 7.52. The van der Waals surface area contributed by atoms with Crippen molar-refractivity contribution in [2.75, 3.05) is 19.7 Å². The van der Waals surface area contributed by atoms with Crippen LogP contribution in [0.4, 0.5) is 0 Å². The van der Waals surface area contributed by atoms with Crippen molar-refractivity contribution in [3.05, 3.63) is 66.0 Å². The summed E-state index contributed by atoms with van der Waals surface area (Å²) in [5.41, 5.74) is 1.84. The molecule has 1 aliphatic heterocycles. The van der Waals surface area contributed by atoms with Crippen LogP contribution in [0.1, 0.15) is 35.3 Å². The molecule has 1 saturated heterocycles. The highest BCUT2D eigenvalue weighted by atomic mass is 16.5. The van der Waals surface area contributed by atoms with Gasteiger partial charge in [-0.05, 0) is 49.3 Å². The van der Waals surface area contributed by atoms with Gasteiger partial charge < -0.3 is 9.64 Å². The third-order valence-corrected chi connectivity index (χ3v) is 5.42. The maximum Gasteiger partial charge on any atom is 0.272 e.